The van der Waals surface area contributed by atoms with Crippen LogP contribution in [-0.2, 0) is 29.2 Å². The standard InChI is InChI=1S/C26H26N4O6S/c1-16-4-6-17(7-5-16)13-27-22(31)14-30-25(33)24-21(8-9-37-24)29(26(30)34)15-23(32)28-18-10-19(35-2)12-20(11-18)36-3/h4-12H,13-15H2,1-3H3,(H,27,31)(H,28,32). The monoisotopic (exact) mass is 522 g/mol. The highest BCUT2D eigenvalue weighted by atomic mass is 32.1. The van der Waals surface area contributed by atoms with Crippen LogP contribution in [-0.4, -0.2) is 35.2 Å². The first-order chi connectivity index (χ1) is 17.8. The van der Waals surface area contributed by atoms with E-state index < -0.39 is 29.6 Å². The number of nitrogens with zero attached hydrogens (tertiary/aromatic N) is 2. The number of anilines is 1. The van der Waals surface area contributed by atoms with E-state index in [1.165, 1.54) is 18.8 Å². The van der Waals surface area contributed by atoms with Gasteiger partial charge in [-0.25, -0.2) is 9.36 Å². The van der Waals surface area contributed by atoms with Crippen molar-refractivity contribution in [2.75, 3.05) is 19.5 Å². The molecule has 37 heavy (non-hydrogen) atoms. The Bertz CT molecular complexity index is 1550. The molecule has 4 aromatic rings. The molecule has 10 nitrogen and oxygen atoms in total. The molecule has 0 aliphatic heterocycles. The largest absolute Gasteiger partial charge is 0.497 e. The maximum atomic E-state index is 13.3. The summed E-state index contributed by atoms with van der Waals surface area (Å²) < 4.78 is 12.8. The number of nitrogens with one attached hydrogen (secondary N) is 2. The highest BCUT2D eigenvalue weighted by Crippen LogP contribution is 2.25. The van der Waals surface area contributed by atoms with Gasteiger partial charge in [-0.3, -0.25) is 19.0 Å². The second kappa shape index (κ2) is 11.1. The number of carbonyl (C=O) groups excluding carboxylic acids is 2. The normalized spacial score (nSPS) is 10.8. The molecule has 0 fully saturated rings. The lowest BCUT2D eigenvalue weighted by Gasteiger charge is -2.13. The molecular weight excluding hydrogens is 496 g/mol. The van der Waals surface area contributed by atoms with Crippen LogP contribution < -0.4 is 31.4 Å². The van der Waals surface area contributed by atoms with Gasteiger partial charge in [-0.15, -0.1) is 11.3 Å². The second-order valence-electron chi connectivity index (χ2n) is 8.31. The zero-order chi connectivity index (χ0) is 26.5. The first-order valence-corrected chi connectivity index (χ1v) is 12.2. The second-order valence-corrected chi connectivity index (χ2v) is 9.22. The number of aryl methyl sites for hydroxylation is 1. The molecule has 11 heteroatoms. The van der Waals surface area contributed by atoms with Gasteiger partial charge in [0, 0.05) is 30.4 Å². The molecule has 0 atom stereocenters. The summed E-state index contributed by atoms with van der Waals surface area (Å²) in [4.78, 5) is 51.7. The zero-order valence-corrected chi connectivity index (χ0v) is 21.4. The summed E-state index contributed by atoms with van der Waals surface area (Å²) in [5.41, 5.74) is 1.41. The van der Waals surface area contributed by atoms with Crippen molar-refractivity contribution < 1.29 is 19.1 Å². The van der Waals surface area contributed by atoms with E-state index in [4.69, 9.17) is 9.47 Å². The summed E-state index contributed by atoms with van der Waals surface area (Å²) in [6, 6.07) is 14.1. The summed E-state index contributed by atoms with van der Waals surface area (Å²) >= 11 is 1.14. The number of fused-ring (bicyclic) bond motifs is 1. The van der Waals surface area contributed by atoms with Gasteiger partial charge in [0.15, 0.2) is 0 Å². The van der Waals surface area contributed by atoms with Crippen LogP contribution in [0.2, 0.25) is 0 Å². The Labute approximate surface area is 216 Å². The lowest BCUT2D eigenvalue weighted by molar-refractivity contribution is -0.122. The van der Waals surface area contributed by atoms with Gasteiger partial charge >= 0.3 is 5.69 Å². The molecule has 0 saturated heterocycles. The average Bonchev–Trinajstić information content (AvgIpc) is 3.38. The first-order valence-electron chi connectivity index (χ1n) is 11.3. The molecule has 0 aliphatic carbocycles. The third-order valence-electron chi connectivity index (χ3n) is 5.69. The smallest absolute Gasteiger partial charge is 0.332 e. The van der Waals surface area contributed by atoms with Crippen LogP contribution in [0, 0.1) is 6.92 Å². The van der Waals surface area contributed by atoms with Crippen molar-refractivity contribution in [3.05, 3.63) is 85.9 Å². The van der Waals surface area contributed by atoms with Crippen LogP contribution in [0.4, 0.5) is 5.69 Å². The fourth-order valence-corrected chi connectivity index (χ4v) is 4.60. The number of thiophene rings is 1. The number of hydrogen-bond acceptors (Lipinski definition) is 7. The van der Waals surface area contributed by atoms with E-state index in [-0.39, 0.29) is 17.8 Å². The summed E-state index contributed by atoms with van der Waals surface area (Å²) in [6.45, 7) is 1.40. The van der Waals surface area contributed by atoms with Crippen LogP contribution in [0.3, 0.4) is 0 Å². The summed E-state index contributed by atoms with van der Waals surface area (Å²) in [5.74, 6) is -0.0245. The number of carbonyl (C=O) groups is 2. The Morgan fingerprint density at radius 2 is 1.54 bits per heavy atom. The van der Waals surface area contributed by atoms with Crippen molar-refractivity contribution in [3.63, 3.8) is 0 Å². The summed E-state index contributed by atoms with van der Waals surface area (Å²) in [7, 11) is 2.99. The van der Waals surface area contributed by atoms with E-state index in [1.807, 2.05) is 31.2 Å². The third kappa shape index (κ3) is 5.89. The Hall–Kier alpha value is -4.38. The van der Waals surface area contributed by atoms with E-state index in [0.29, 0.717) is 22.7 Å². The molecule has 0 unspecified atom stereocenters. The van der Waals surface area contributed by atoms with Gasteiger partial charge in [0.2, 0.25) is 11.8 Å². The maximum Gasteiger partial charge on any atom is 0.332 e. The topological polar surface area (TPSA) is 121 Å². The van der Waals surface area contributed by atoms with Gasteiger partial charge in [0.1, 0.15) is 29.3 Å². The van der Waals surface area contributed by atoms with Crippen LogP contribution in [0.25, 0.3) is 10.2 Å². The number of rotatable bonds is 9. The molecule has 192 valence electrons. The predicted molar refractivity (Wildman–Crippen MR) is 142 cm³/mol. The molecule has 2 amide bonds. The van der Waals surface area contributed by atoms with E-state index in [1.54, 1.807) is 29.6 Å². The number of ether oxygens (including phenoxy) is 2. The molecule has 4 rings (SSSR count). The Balaban J connectivity index is 1.56. The minimum absolute atomic E-state index is 0.260. The molecule has 0 bridgehead atoms. The Kier molecular flexibility index (Phi) is 7.73. The van der Waals surface area contributed by atoms with Crippen molar-refractivity contribution >= 4 is 39.1 Å². The van der Waals surface area contributed by atoms with Gasteiger partial charge in [-0.2, -0.15) is 0 Å². The molecule has 2 N–H and O–H groups in total. The Morgan fingerprint density at radius 3 is 2.19 bits per heavy atom. The highest BCUT2D eigenvalue weighted by Gasteiger charge is 2.18. The van der Waals surface area contributed by atoms with Gasteiger partial charge in [0.05, 0.1) is 19.7 Å². The molecule has 0 saturated carbocycles. The van der Waals surface area contributed by atoms with Crippen molar-refractivity contribution in [3.8, 4) is 11.5 Å². The van der Waals surface area contributed by atoms with E-state index in [2.05, 4.69) is 10.6 Å². The zero-order valence-electron chi connectivity index (χ0n) is 20.6. The number of amides is 2. The number of methoxy groups -OCH3 is 2. The van der Waals surface area contributed by atoms with E-state index in [0.717, 1.165) is 27.0 Å². The van der Waals surface area contributed by atoms with Crippen LogP contribution in [0.5, 0.6) is 11.5 Å². The van der Waals surface area contributed by atoms with Crippen molar-refractivity contribution in [1.29, 1.82) is 0 Å². The molecule has 0 radical (unpaired) electrons. The van der Waals surface area contributed by atoms with Crippen molar-refractivity contribution in [1.82, 2.24) is 14.5 Å². The minimum atomic E-state index is -0.750. The summed E-state index contributed by atoms with van der Waals surface area (Å²) in [5, 5.41) is 7.11. The van der Waals surface area contributed by atoms with Crippen molar-refractivity contribution in [2.45, 2.75) is 26.6 Å². The van der Waals surface area contributed by atoms with Gasteiger partial charge < -0.3 is 20.1 Å². The first kappa shape index (κ1) is 25.7. The molecular formula is C26H26N4O6S. The molecule has 0 spiro atoms. The predicted octanol–water partition coefficient (Wildman–Crippen LogP) is 2.51. The molecule has 0 aliphatic rings. The van der Waals surface area contributed by atoms with E-state index in [9.17, 15) is 19.2 Å². The molecule has 2 heterocycles. The third-order valence-corrected chi connectivity index (χ3v) is 6.58. The molecule has 2 aromatic heterocycles. The van der Waals surface area contributed by atoms with Crippen LogP contribution >= 0.6 is 11.3 Å². The fourth-order valence-electron chi connectivity index (χ4n) is 3.76. The fraction of sp³-hybridized carbons (Fsp3) is 0.231. The Morgan fingerprint density at radius 1 is 0.892 bits per heavy atom. The lowest BCUT2D eigenvalue weighted by atomic mass is 10.1. The number of aromatic nitrogens is 2. The van der Waals surface area contributed by atoms with Crippen LogP contribution in [0.1, 0.15) is 11.1 Å². The highest BCUT2D eigenvalue weighted by molar-refractivity contribution is 7.17. The van der Waals surface area contributed by atoms with Crippen molar-refractivity contribution in [2.24, 2.45) is 0 Å². The minimum Gasteiger partial charge on any atom is -0.497 e. The average molecular weight is 523 g/mol. The summed E-state index contributed by atoms with van der Waals surface area (Å²) in [6.07, 6.45) is 0. The maximum absolute atomic E-state index is 13.3. The number of hydrogen-bond donors (Lipinski definition) is 2. The van der Waals surface area contributed by atoms with Gasteiger partial charge in [-0.1, -0.05) is 29.8 Å². The van der Waals surface area contributed by atoms with Gasteiger partial charge in [0.25, 0.3) is 5.56 Å². The quantitative estimate of drug-likeness (QED) is 0.349. The lowest BCUT2D eigenvalue weighted by Crippen LogP contribution is -2.44. The molecule has 2 aromatic carbocycles. The van der Waals surface area contributed by atoms with Gasteiger partial charge in [-0.05, 0) is 23.9 Å². The van der Waals surface area contributed by atoms with E-state index >= 15 is 0 Å². The number of benzene rings is 2. The van der Waals surface area contributed by atoms with Crippen LogP contribution in [0.15, 0.2) is 63.5 Å². The SMILES string of the molecule is COc1cc(NC(=O)Cn2c(=O)n(CC(=O)NCc3ccc(C)cc3)c(=O)c3sccc32)cc(OC)c1.